The Morgan fingerprint density at radius 1 is 1.06 bits per heavy atom. The Hall–Kier alpha value is -3.79. The molecule has 9 nitrogen and oxygen atoms in total. The minimum Gasteiger partial charge on any atom is -0.497 e. The van der Waals surface area contributed by atoms with Crippen LogP contribution in [0.4, 0.5) is 5.13 Å². The molecule has 1 amide bonds. The number of carbonyl (C=O) groups is 1. The van der Waals surface area contributed by atoms with Crippen molar-refractivity contribution in [3.8, 4) is 28.7 Å². The van der Waals surface area contributed by atoms with Gasteiger partial charge in [0.05, 0.1) is 19.9 Å². The smallest absolute Gasteiger partial charge is 0.257 e. The average Bonchev–Trinajstić information content (AvgIpc) is 3.39. The van der Waals surface area contributed by atoms with Gasteiger partial charge in [0, 0.05) is 23.2 Å². The standard InChI is InChI=1S/C21H20N6O3S/c1-12-5-7-14(8-6-12)20(28)23-21-22-19(25-31-21)18-13(2)27(26-24-18)16-11-15(29-3)9-10-17(16)30-4/h5-11H,1-4H3,(H,22,23,25,28). The summed E-state index contributed by atoms with van der Waals surface area (Å²) in [6.45, 7) is 3.83. The summed E-state index contributed by atoms with van der Waals surface area (Å²) in [6, 6.07) is 12.7. The molecule has 0 saturated carbocycles. The lowest BCUT2D eigenvalue weighted by atomic mass is 10.1. The van der Waals surface area contributed by atoms with E-state index in [4.69, 9.17) is 9.47 Å². The predicted molar refractivity (Wildman–Crippen MR) is 117 cm³/mol. The van der Waals surface area contributed by atoms with Gasteiger partial charge in [-0.1, -0.05) is 22.9 Å². The van der Waals surface area contributed by atoms with E-state index in [1.54, 1.807) is 43.2 Å². The molecule has 0 aliphatic rings. The molecule has 10 heteroatoms. The fourth-order valence-corrected chi connectivity index (χ4v) is 3.54. The minimum absolute atomic E-state index is 0.246. The first-order chi connectivity index (χ1) is 15.0. The van der Waals surface area contributed by atoms with Gasteiger partial charge in [0.1, 0.15) is 17.2 Å². The molecule has 0 unspecified atom stereocenters. The minimum atomic E-state index is -0.246. The Morgan fingerprint density at radius 2 is 1.84 bits per heavy atom. The Bertz CT molecular complexity index is 1230. The fourth-order valence-electron chi connectivity index (χ4n) is 2.97. The third-order valence-electron chi connectivity index (χ3n) is 4.68. The molecule has 0 bridgehead atoms. The van der Waals surface area contributed by atoms with Crippen molar-refractivity contribution in [1.29, 1.82) is 0 Å². The number of ether oxygens (including phenoxy) is 2. The van der Waals surface area contributed by atoms with E-state index in [0.717, 1.165) is 22.8 Å². The number of aromatic nitrogens is 5. The highest BCUT2D eigenvalue weighted by molar-refractivity contribution is 7.10. The Kier molecular flexibility index (Phi) is 5.63. The lowest BCUT2D eigenvalue weighted by molar-refractivity contribution is 0.102. The van der Waals surface area contributed by atoms with E-state index in [1.165, 1.54) is 0 Å². The van der Waals surface area contributed by atoms with Gasteiger partial charge in [-0.05, 0) is 38.1 Å². The number of carbonyl (C=O) groups excluding carboxylic acids is 1. The lowest BCUT2D eigenvalue weighted by Gasteiger charge is -2.11. The molecule has 0 spiro atoms. The van der Waals surface area contributed by atoms with E-state index in [0.29, 0.717) is 39.4 Å². The first-order valence-electron chi connectivity index (χ1n) is 9.37. The molecule has 158 valence electrons. The van der Waals surface area contributed by atoms with Crippen molar-refractivity contribution in [3.63, 3.8) is 0 Å². The van der Waals surface area contributed by atoms with Crippen LogP contribution in [0.25, 0.3) is 17.2 Å². The number of hydrogen-bond acceptors (Lipinski definition) is 8. The number of amides is 1. The second-order valence-electron chi connectivity index (χ2n) is 6.72. The van der Waals surface area contributed by atoms with Gasteiger partial charge >= 0.3 is 0 Å². The summed E-state index contributed by atoms with van der Waals surface area (Å²) < 4.78 is 16.7. The van der Waals surface area contributed by atoms with E-state index < -0.39 is 0 Å². The number of nitrogens with zero attached hydrogens (tertiary/aromatic N) is 5. The zero-order valence-corrected chi connectivity index (χ0v) is 18.2. The number of hydrogen-bond donors (Lipinski definition) is 1. The number of anilines is 1. The van der Waals surface area contributed by atoms with E-state index in [2.05, 4.69) is 25.0 Å². The normalized spacial score (nSPS) is 10.7. The Labute approximate surface area is 182 Å². The van der Waals surface area contributed by atoms with Crippen molar-refractivity contribution in [3.05, 3.63) is 59.3 Å². The second kappa shape index (κ2) is 8.52. The molecule has 2 aromatic carbocycles. The van der Waals surface area contributed by atoms with Crippen molar-refractivity contribution in [2.24, 2.45) is 0 Å². The topological polar surface area (TPSA) is 104 Å². The van der Waals surface area contributed by atoms with Gasteiger partial charge < -0.3 is 9.47 Å². The van der Waals surface area contributed by atoms with Crippen LogP contribution in [0.1, 0.15) is 21.6 Å². The van der Waals surface area contributed by atoms with Gasteiger partial charge in [-0.15, -0.1) is 5.10 Å². The van der Waals surface area contributed by atoms with Gasteiger partial charge in [0.2, 0.25) is 5.13 Å². The molecule has 31 heavy (non-hydrogen) atoms. The maximum Gasteiger partial charge on any atom is 0.257 e. The maximum absolute atomic E-state index is 12.4. The molecule has 0 radical (unpaired) electrons. The van der Waals surface area contributed by atoms with Gasteiger partial charge in [0.15, 0.2) is 11.5 Å². The monoisotopic (exact) mass is 436 g/mol. The number of benzene rings is 2. The number of nitrogens with one attached hydrogen (secondary N) is 1. The van der Waals surface area contributed by atoms with Crippen molar-refractivity contribution in [2.75, 3.05) is 19.5 Å². The molecule has 0 fully saturated rings. The van der Waals surface area contributed by atoms with Crippen LogP contribution in [0.3, 0.4) is 0 Å². The van der Waals surface area contributed by atoms with E-state index in [-0.39, 0.29) is 5.91 Å². The van der Waals surface area contributed by atoms with Crippen LogP contribution in [0.15, 0.2) is 42.5 Å². The van der Waals surface area contributed by atoms with Gasteiger partial charge in [0.25, 0.3) is 5.91 Å². The Balaban J connectivity index is 1.60. The van der Waals surface area contributed by atoms with Crippen LogP contribution in [-0.2, 0) is 0 Å². The molecular weight excluding hydrogens is 416 g/mol. The number of rotatable bonds is 6. The van der Waals surface area contributed by atoms with Gasteiger partial charge in [-0.3, -0.25) is 10.1 Å². The second-order valence-corrected chi connectivity index (χ2v) is 7.47. The molecule has 0 atom stereocenters. The quantitative estimate of drug-likeness (QED) is 0.492. The summed E-state index contributed by atoms with van der Waals surface area (Å²) in [5, 5.41) is 11.6. The molecular formula is C21H20N6O3S. The van der Waals surface area contributed by atoms with Gasteiger partial charge in [-0.2, -0.15) is 9.36 Å². The summed E-state index contributed by atoms with van der Waals surface area (Å²) in [6.07, 6.45) is 0. The molecule has 0 aliphatic heterocycles. The average molecular weight is 436 g/mol. The third kappa shape index (κ3) is 4.10. The highest BCUT2D eigenvalue weighted by atomic mass is 32.1. The highest BCUT2D eigenvalue weighted by Gasteiger charge is 2.20. The molecule has 2 aromatic heterocycles. The maximum atomic E-state index is 12.4. The van der Waals surface area contributed by atoms with Crippen LogP contribution in [0.2, 0.25) is 0 Å². The molecule has 4 aromatic rings. The zero-order chi connectivity index (χ0) is 22.0. The van der Waals surface area contributed by atoms with Gasteiger partial charge in [-0.25, -0.2) is 4.68 Å². The third-order valence-corrected chi connectivity index (χ3v) is 5.31. The summed E-state index contributed by atoms with van der Waals surface area (Å²) in [5.74, 6) is 1.43. The van der Waals surface area contributed by atoms with Crippen LogP contribution in [0, 0.1) is 13.8 Å². The summed E-state index contributed by atoms with van der Waals surface area (Å²) in [4.78, 5) is 16.8. The van der Waals surface area contributed by atoms with Crippen molar-refractivity contribution < 1.29 is 14.3 Å². The summed E-state index contributed by atoms with van der Waals surface area (Å²) in [5.41, 5.74) is 3.55. The van der Waals surface area contributed by atoms with Crippen LogP contribution in [-0.4, -0.2) is 44.5 Å². The number of methoxy groups -OCH3 is 2. The SMILES string of the molecule is COc1ccc(OC)c(-n2nnc(-c3nsc(NC(=O)c4ccc(C)cc4)n3)c2C)c1. The fraction of sp³-hybridized carbons (Fsp3) is 0.190. The molecule has 2 heterocycles. The van der Waals surface area contributed by atoms with Crippen molar-refractivity contribution in [2.45, 2.75) is 13.8 Å². The highest BCUT2D eigenvalue weighted by Crippen LogP contribution is 2.30. The first kappa shape index (κ1) is 20.5. The van der Waals surface area contributed by atoms with Crippen molar-refractivity contribution >= 4 is 22.6 Å². The van der Waals surface area contributed by atoms with E-state index >= 15 is 0 Å². The van der Waals surface area contributed by atoms with Crippen LogP contribution >= 0.6 is 11.5 Å². The van der Waals surface area contributed by atoms with Crippen molar-refractivity contribution in [1.82, 2.24) is 24.4 Å². The summed E-state index contributed by atoms with van der Waals surface area (Å²) >= 11 is 1.08. The molecule has 4 rings (SSSR count). The van der Waals surface area contributed by atoms with Crippen LogP contribution in [0.5, 0.6) is 11.5 Å². The largest absolute Gasteiger partial charge is 0.497 e. The Morgan fingerprint density at radius 3 is 2.55 bits per heavy atom. The van der Waals surface area contributed by atoms with Crippen LogP contribution < -0.4 is 14.8 Å². The first-order valence-corrected chi connectivity index (χ1v) is 10.1. The summed E-state index contributed by atoms with van der Waals surface area (Å²) in [7, 11) is 3.18. The van der Waals surface area contributed by atoms with E-state index in [1.807, 2.05) is 32.0 Å². The van der Waals surface area contributed by atoms with E-state index in [9.17, 15) is 4.79 Å². The number of aryl methyl sites for hydroxylation is 1. The molecule has 1 N–H and O–H groups in total. The lowest BCUT2D eigenvalue weighted by Crippen LogP contribution is -2.11. The molecule has 0 saturated heterocycles. The zero-order valence-electron chi connectivity index (χ0n) is 17.4. The molecule has 0 aliphatic carbocycles. The predicted octanol–water partition coefficient (Wildman–Crippen LogP) is 3.67.